The fourth-order valence-electron chi connectivity index (χ4n) is 4.45. The number of para-hydroxylation sites is 1. The van der Waals surface area contributed by atoms with Gasteiger partial charge in [0.05, 0.1) is 16.8 Å². The Morgan fingerprint density at radius 1 is 0.976 bits per heavy atom. The van der Waals surface area contributed by atoms with Gasteiger partial charge in [-0.15, -0.1) is 0 Å². The largest absolute Gasteiger partial charge is 0.484 e. The number of carbonyl (C=O) groups is 2. The minimum Gasteiger partial charge on any atom is -0.484 e. The van der Waals surface area contributed by atoms with E-state index < -0.39 is 28.3 Å². The number of nitrogens with one attached hydrogen (secondary N) is 2. The van der Waals surface area contributed by atoms with Gasteiger partial charge in [0.15, 0.2) is 6.61 Å². The minimum absolute atomic E-state index is 0.0727. The number of hydrogen-bond donors (Lipinski definition) is 2. The number of hydrogen-bond acceptors (Lipinski definition) is 6. The van der Waals surface area contributed by atoms with Gasteiger partial charge in [0.1, 0.15) is 18.1 Å². The summed E-state index contributed by atoms with van der Waals surface area (Å²) < 4.78 is 47.6. The van der Waals surface area contributed by atoms with E-state index in [2.05, 4.69) is 15.8 Å². The molecule has 0 spiro atoms. The normalized spacial score (nSPS) is 14.0. The Morgan fingerprint density at radius 3 is 2.34 bits per heavy atom. The van der Waals surface area contributed by atoms with Crippen LogP contribution in [0.4, 0.5) is 10.1 Å². The second kappa shape index (κ2) is 13.9. The third-order valence-corrected chi connectivity index (χ3v) is 8.41. The van der Waals surface area contributed by atoms with E-state index in [-0.39, 0.29) is 29.1 Å². The zero-order valence-electron chi connectivity index (χ0n) is 22.8. The van der Waals surface area contributed by atoms with Crippen molar-refractivity contribution in [3.63, 3.8) is 0 Å². The van der Waals surface area contributed by atoms with Crippen molar-refractivity contribution in [2.24, 2.45) is 5.10 Å². The van der Waals surface area contributed by atoms with Gasteiger partial charge in [0.25, 0.3) is 21.8 Å². The fraction of sp³-hybridized carbons (Fsp3) is 0.300. The van der Waals surface area contributed by atoms with Gasteiger partial charge in [0.2, 0.25) is 0 Å². The van der Waals surface area contributed by atoms with E-state index in [0.717, 1.165) is 37.3 Å². The van der Waals surface area contributed by atoms with Crippen LogP contribution in [0, 0.1) is 12.7 Å². The maximum absolute atomic E-state index is 14.6. The molecule has 11 heteroatoms. The number of nitrogens with zero attached hydrogens (tertiary/aromatic N) is 2. The number of aryl methyl sites for hydroxylation is 1. The molecule has 216 valence electrons. The van der Waals surface area contributed by atoms with Crippen molar-refractivity contribution in [2.45, 2.75) is 50.0 Å². The number of ether oxygens (including phenoxy) is 1. The van der Waals surface area contributed by atoms with E-state index >= 15 is 0 Å². The smallest absolute Gasteiger partial charge is 0.264 e. The quantitative estimate of drug-likeness (QED) is 0.259. The van der Waals surface area contributed by atoms with E-state index in [1.165, 1.54) is 43.0 Å². The molecule has 0 radical (unpaired) electrons. The molecule has 0 saturated heterocycles. The van der Waals surface area contributed by atoms with Gasteiger partial charge >= 0.3 is 0 Å². The SMILES string of the molecule is Cc1ccc(S(=O)(=O)N(CC(=O)N/N=C\c2ccc(OCC(=O)NC3CCCCC3)cc2)c2ccccc2F)cc1. The minimum atomic E-state index is -4.25. The molecule has 2 amide bonds. The van der Waals surface area contributed by atoms with Crippen LogP contribution in [0.5, 0.6) is 5.75 Å². The van der Waals surface area contributed by atoms with Gasteiger partial charge in [-0.2, -0.15) is 5.10 Å². The molecule has 9 nitrogen and oxygen atoms in total. The lowest BCUT2D eigenvalue weighted by Crippen LogP contribution is -2.40. The van der Waals surface area contributed by atoms with Gasteiger partial charge in [-0.25, -0.2) is 18.2 Å². The molecule has 3 aromatic carbocycles. The lowest BCUT2D eigenvalue weighted by Gasteiger charge is -2.24. The predicted octanol–water partition coefficient (Wildman–Crippen LogP) is 4.31. The molecule has 2 N–H and O–H groups in total. The van der Waals surface area contributed by atoms with Gasteiger partial charge in [0, 0.05) is 6.04 Å². The van der Waals surface area contributed by atoms with Crippen molar-refractivity contribution in [3.05, 3.63) is 89.7 Å². The predicted molar refractivity (Wildman–Crippen MR) is 155 cm³/mol. The maximum atomic E-state index is 14.6. The van der Waals surface area contributed by atoms with Crippen LogP contribution in [0.3, 0.4) is 0 Å². The van der Waals surface area contributed by atoms with Crippen molar-refractivity contribution in [1.29, 1.82) is 0 Å². The van der Waals surface area contributed by atoms with E-state index in [1.54, 1.807) is 36.4 Å². The molecule has 1 saturated carbocycles. The first-order chi connectivity index (χ1) is 19.7. The molecule has 3 aromatic rings. The Bertz CT molecular complexity index is 1470. The first-order valence-electron chi connectivity index (χ1n) is 13.4. The molecule has 0 aromatic heterocycles. The molecular weight excluding hydrogens is 547 g/mol. The summed E-state index contributed by atoms with van der Waals surface area (Å²) in [6, 6.07) is 18.3. The van der Waals surface area contributed by atoms with Crippen LogP contribution in [-0.4, -0.2) is 45.6 Å². The number of benzene rings is 3. The molecule has 0 bridgehead atoms. The van der Waals surface area contributed by atoms with Crippen molar-refractivity contribution in [3.8, 4) is 5.75 Å². The zero-order chi connectivity index (χ0) is 29.2. The fourth-order valence-corrected chi connectivity index (χ4v) is 5.88. The van der Waals surface area contributed by atoms with Crippen LogP contribution in [0.2, 0.25) is 0 Å². The summed E-state index contributed by atoms with van der Waals surface area (Å²) in [7, 11) is -4.25. The summed E-state index contributed by atoms with van der Waals surface area (Å²) >= 11 is 0. The summed E-state index contributed by atoms with van der Waals surface area (Å²) in [4.78, 5) is 24.8. The number of sulfonamides is 1. The van der Waals surface area contributed by atoms with Crippen LogP contribution in [0.15, 0.2) is 82.8 Å². The maximum Gasteiger partial charge on any atom is 0.264 e. The summed E-state index contributed by atoms with van der Waals surface area (Å²) in [5, 5.41) is 6.90. The van der Waals surface area contributed by atoms with Crippen LogP contribution >= 0.6 is 0 Å². The Morgan fingerprint density at radius 2 is 1.66 bits per heavy atom. The topological polar surface area (TPSA) is 117 Å². The average Bonchev–Trinajstić information content (AvgIpc) is 2.97. The molecule has 4 rings (SSSR count). The number of halogens is 1. The first kappa shape index (κ1) is 29.7. The Kier molecular flexibility index (Phi) is 10.1. The van der Waals surface area contributed by atoms with Gasteiger partial charge in [-0.3, -0.25) is 13.9 Å². The molecule has 1 aliphatic rings. The molecule has 41 heavy (non-hydrogen) atoms. The highest BCUT2D eigenvalue weighted by atomic mass is 32.2. The molecule has 1 aliphatic carbocycles. The molecule has 0 unspecified atom stereocenters. The lowest BCUT2D eigenvalue weighted by molar-refractivity contribution is -0.124. The molecular formula is C30H33FN4O5S. The van der Waals surface area contributed by atoms with Gasteiger partial charge < -0.3 is 10.1 Å². The molecule has 0 heterocycles. The second-order valence-electron chi connectivity index (χ2n) is 9.83. The van der Waals surface area contributed by atoms with Crippen molar-refractivity contribution >= 4 is 33.7 Å². The molecule has 1 fully saturated rings. The van der Waals surface area contributed by atoms with E-state index in [4.69, 9.17) is 4.74 Å². The van der Waals surface area contributed by atoms with Crippen LogP contribution in [0.1, 0.15) is 43.2 Å². The van der Waals surface area contributed by atoms with Gasteiger partial charge in [-0.05, 0) is 73.9 Å². The monoisotopic (exact) mass is 580 g/mol. The number of carbonyl (C=O) groups excluding carboxylic acids is 2. The third-order valence-electron chi connectivity index (χ3n) is 6.64. The zero-order valence-corrected chi connectivity index (χ0v) is 23.6. The number of anilines is 1. The lowest BCUT2D eigenvalue weighted by atomic mass is 9.95. The van der Waals surface area contributed by atoms with Crippen molar-refractivity contribution in [1.82, 2.24) is 10.7 Å². The third kappa shape index (κ3) is 8.37. The highest BCUT2D eigenvalue weighted by Crippen LogP contribution is 2.26. The van der Waals surface area contributed by atoms with Crippen molar-refractivity contribution in [2.75, 3.05) is 17.5 Å². The summed E-state index contributed by atoms with van der Waals surface area (Å²) in [6.45, 7) is 1.04. The number of rotatable bonds is 11. The van der Waals surface area contributed by atoms with E-state index in [0.29, 0.717) is 15.6 Å². The van der Waals surface area contributed by atoms with E-state index in [9.17, 15) is 22.4 Å². The van der Waals surface area contributed by atoms with Gasteiger partial charge in [-0.1, -0.05) is 49.1 Å². The standard InChI is InChI=1S/C30H33FN4O5S/c1-22-11-17-26(18-12-22)41(38,39)35(28-10-6-5-9-27(28)31)20-29(36)34-32-19-23-13-15-25(16-14-23)40-21-30(37)33-24-7-3-2-4-8-24/h5-6,9-19,24H,2-4,7-8,20-21H2,1H3,(H,33,37)(H,34,36)/b32-19-. The van der Waals surface area contributed by atoms with Crippen LogP contribution in [-0.2, 0) is 19.6 Å². The summed E-state index contributed by atoms with van der Waals surface area (Å²) in [5.41, 5.74) is 3.52. The Balaban J connectivity index is 1.34. The van der Waals surface area contributed by atoms with Crippen molar-refractivity contribution < 1.29 is 27.1 Å². The number of amides is 2. The molecule has 0 aliphatic heterocycles. The average molecular weight is 581 g/mol. The van der Waals surface area contributed by atoms with Crippen LogP contribution in [0.25, 0.3) is 0 Å². The Labute approximate surface area is 239 Å². The molecule has 0 atom stereocenters. The van der Waals surface area contributed by atoms with E-state index in [1.807, 2.05) is 6.92 Å². The summed E-state index contributed by atoms with van der Waals surface area (Å²) in [6.07, 6.45) is 6.85. The first-order valence-corrected chi connectivity index (χ1v) is 14.8. The highest BCUT2D eigenvalue weighted by Gasteiger charge is 2.29. The highest BCUT2D eigenvalue weighted by molar-refractivity contribution is 7.92. The summed E-state index contributed by atoms with van der Waals surface area (Å²) in [5.74, 6) is -1.19. The van der Waals surface area contributed by atoms with Crippen LogP contribution < -0.4 is 19.8 Å². The number of hydrazone groups is 1. The second-order valence-corrected chi connectivity index (χ2v) is 11.7. The Hall–Kier alpha value is -4.25.